The molecule has 0 saturated heterocycles. The number of nitrogens with zero attached hydrogens (tertiary/aromatic N) is 2. The Morgan fingerprint density at radius 1 is 1.50 bits per heavy atom. The normalized spacial score (nSPS) is 11.4. The Morgan fingerprint density at radius 2 is 2.21 bits per heavy atom. The molecule has 1 aromatic rings. The number of nitrogens with one attached hydrogen (secondary N) is 1. The van der Waals surface area contributed by atoms with Crippen LogP contribution in [0.15, 0.2) is 12.4 Å². The van der Waals surface area contributed by atoms with Crippen molar-refractivity contribution in [2.45, 2.75) is 18.6 Å². The highest BCUT2D eigenvalue weighted by Gasteiger charge is 2.15. The number of anilines is 1. The lowest BCUT2D eigenvalue weighted by Crippen LogP contribution is -2.26. The maximum Gasteiger partial charge on any atom is 0.134 e. The first-order chi connectivity index (χ1) is 6.53. The Labute approximate surface area is 93.7 Å². The minimum Gasteiger partial charge on any atom is -0.369 e. The summed E-state index contributed by atoms with van der Waals surface area (Å²) in [4.78, 5) is 7.87. The molecule has 14 heavy (non-hydrogen) atoms. The topological polar surface area (TPSA) is 37.8 Å². The predicted octanol–water partition coefficient (Wildman–Crippen LogP) is 2.68. The Hall–Kier alpha value is -0.480. The van der Waals surface area contributed by atoms with Crippen molar-refractivity contribution in [3.8, 4) is 0 Å². The summed E-state index contributed by atoms with van der Waals surface area (Å²) >= 11 is 7.54. The van der Waals surface area contributed by atoms with Crippen LogP contribution in [-0.4, -0.2) is 27.5 Å². The first kappa shape index (κ1) is 11.6. The zero-order valence-electron chi connectivity index (χ0n) is 8.54. The molecule has 0 atom stereocenters. The van der Waals surface area contributed by atoms with Gasteiger partial charge >= 0.3 is 0 Å². The van der Waals surface area contributed by atoms with E-state index in [1.54, 1.807) is 6.07 Å². The summed E-state index contributed by atoms with van der Waals surface area (Å²) in [5, 5.41) is 3.68. The average Bonchev–Trinajstić information content (AvgIpc) is 2.15. The number of hydrogen-bond acceptors (Lipinski definition) is 4. The molecule has 0 aromatic carbocycles. The van der Waals surface area contributed by atoms with Crippen LogP contribution < -0.4 is 5.32 Å². The zero-order chi connectivity index (χ0) is 10.6. The molecule has 0 aliphatic rings. The lowest BCUT2D eigenvalue weighted by molar-refractivity contribution is 0.750. The molecule has 0 radical (unpaired) electrons. The molecule has 3 nitrogen and oxygen atoms in total. The van der Waals surface area contributed by atoms with Crippen LogP contribution in [0.2, 0.25) is 5.15 Å². The van der Waals surface area contributed by atoms with Crippen molar-refractivity contribution in [3.63, 3.8) is 0 Å². The molecule has 0 fully saturated rings. The Bertz CT molecular complexity index is 304. The molecule has 0 spiro atoms. The minimum atomic E-state index is 0.192. The standard InChI is InChI=1S/C9H14ClN3S/c1-9(2,14-3)5-11-8-4-7(10)12-6-13-8/h4,6H,5H2,1-3H3,(H,11,12,13). The van der Waals surface area contributed by atoms with Gasteiger partial charge in [-0.25, -0.2) is 9.97 Å². The van der Waals surface area contributed by atoms with Crippen LogP contribution in [-0.2, 0) is 0 Å². The second kappa shape index (κ2) is 4.84. The van der Waals surface area contributed by atoms with Gasteiger partial charge in [-0.1, -0.05) is 11.6 Å². The summed E-state index contributed by atoms with van der Waals surface area (Å²) in [5.41, 5.74) is 0. The third-order valence-corrected chi connectivity index (χ3v) is 3.34. The highest BCUT2D eigenvalue weighted by molar-refractivity contribution is 7.99. The van der Waals surface area contributed by atoms with E-state index in [2.05, 4.69) is 35.4 Å². The molecule has 0 saturated carbocycles. The first-order valence-corrected chi connectivity index (χ1v) is 5.90. The molecule has 0 amide bonds. The lowest BCUT2D eigenvalue weighted by atomic mass is 10.2. The zero-order valence-corrected chi connectivity index (χ0v) is 10.1. The Balaban J connectivity index is 2.54. The highest BCUT2D eigenvalue weighted by atomic mass is 35.5. The van der Waals surface area contributed by atoms with Gasteiger partial charge in [0.1, 0.15) is 17.3 Å². The third kappa shape index (κ3) is 3.72. The van der Waals surface area contributed by atoms with Crippen LogP contribution in [0, 0.1) is 0 Å². The van der Waals surface area contributed by atoms with Gasteiger partial charge in [-0.3, -0.25) is 0 Å². The summed E-state index contributed by atoms with van der Waals surface area (Å²) in [6.45, 7) is 5.20. The number of halogens is 1. The van der Waals surface area contributed by atoms with Crippen molar-refractivity contribution in [1.29, 1.82) is 0 Å². The first-order valence-electron chi connectivity index (χ1n) is 4.30. The van der Waals surface area contributed by atoms with Crippen LogP contribution in [0.1, 0.15) is 13.8 Å². The summed E-state index contributed by atoms with van der Waals surface area (Å²) in [5.74, 6) is 0.770. The third-order valence-electron chi connectivity index (χ3n) is 1.88. The monoisotopic (exact) mass is 231 g/mol. The van der Waals surface area contributed by atoms with Crippen molar-refractivity contribution in [1.82, 2.24) is 9.97 Å². The maximum absolute atomic E-state index is 5.73. The smallest absolute Gasteiger partial charge is 0.134 e. The van der Waals surface area contributed by atoms with E-state index in [1.807, 2.05) is 11.8 Å². The maximum atomic E-state index is 5.73. The van der Waals surface area contributed by atoms with Crippen LogP contribution in [0.3, 0.4) is 0 Å². The molecule has 0 bridgehead atoms. The van der Waals surface area contributed by atoms with E-state index >= 15 is 0 Å². The summed E-state index contributed by atoms with van der Waals surface area (Å²) < 4.78 is 0.192. The molecular weight excluding hydrogens is 218 g/mol. The Kier molecular flexibility index (Phi) is 4.01. The Morgan fingerprint density at radius 3 is 2.79 bits per heavy atom. The summed E-state index contributed by atoms with van der Waals surface area (Å²) in [6, 6.07) is 1.72. The molecule has 1 N–H and O–H groups in total. The lowest BCUT2D eigenvalue weighted by Gasteiger charge is -2.22. The number of rotatable bonds is 4. The molecule has 78 valence electrons. The predicted molar refractivity (Wildman–Crippen MR) is 63.1 cm³/mol. The van der Waals surface area contributed by atoms with E-state index in [4.69, 9.17) is 11.6 Å². The van der Waals surface area contributed by atoms with Gasteiger partial charge < -0.3 is 5.32 Å². The van der Waals surface area contributed by atoms with Crippen molar-refractivity contribution < 1.29 is 0 Å². The van der Waals surface area contributed by atoms with Gasteiger partial charge in [0, 0.05) is 17.4 Å². The van der Waals surface area contributed by atoms with Gasteiger partial charge in [-0.05, 0) is 20.1 Å². The molecule has 1 heterocycles. The number of aromatic nitrogens is 2. The fourth-order valence-corrected chi connectivity index (χ4v) is 1.17. The summed E-state index contributed by atoms with van der Waals surface area (Å²) in [6.07, 6.45) is 3.55. The number of thioether (sulfide) groups is 1. The van der Waals surface area contributed by atoms with E-state index in [0.29, 0.717) is 5.15 Å². The van der Waals surface area contributed by atoms with Gasteiger partial charge in [0.2, 0.25) is 0 Å². The van der Waals surface area contributed by atoms with Crippen molar-refractivity contribution in [2.24, 2.45) is 0 Å². The quantitative estimate of drug-likeness (QED) is 0.809. The van der Waals surface area contributed by atoms with Crippen LogP contribution >= 0.6 is 23.4 Å². The van der Waals surface area contributed by atoms with Crippen molar-refractivity contribution in [2.75, 3.05) is 18.1 Å². The van der Waals surface area contributed by atoms with Crippen LogP contribution in [0.4, 0.5) is 5.82 Å². The largest absolute Gasteiger partial charge is 0.369 e. The van der Waals surface area contributed by atoms with Gasteiger partial charge in [0.25, 0.3) is 0 Å². The number of hydrogen-bond donors (Lipinski definition) is 1. The second-order valence-electron chi connectivity index (χ2n) is 3.54. The molecule has 0 aliphatic heterocycles. The molecule has 5 heteroatoms. The van der Waals surface area contributed by atoms with E-state index in [1.165, 1.54) is 6.33 Å². The fourth-order valence-electron chi connectivity index (χ4n) is 0.806. The molecule has 0 unspecified atom stereocenters. The minimum absolute atomic E-state index is 0.192. The molecule has 0 aliphatic carbocycles. The molecule has 1 rings (SSSR count). The second-order valence-corrected chi connectivity index (χ2v) is 5.44. The molecular formula is C9H14ClN3S. The van der Waals surface area contributed by atoms with E-state index in [0.717, 1.165) is 12.4 Å². The van der Waals surface area contributed by atoms with Crippen molar-refractivity contribution >= 4 is 29.2 Å². The van der Waals surface area contributed by atoms with E-state index < -0.39 is 0 Å². The van der Waals surface area contributed by atoms with Gasteiger partial charge in [-0.2, -0.15) is 11.8 Å². The van der Waals surface area contributed by atoms with Crippen molar-refractivity contribution in [3.05, 3.63) is 17.5 Å². The van der Waals surface area contributed by atoms with E-state index in [9.17, 15) is 0 Å². The van der Waals surface area contributed by atoms with Gasteiger partial charge in [0.15, 0.2) is 0 Å². The van der Waals surface area contributed by atoms with Gasteiger partial charge in [0.05, 0.1) is 0 Å². The molecule has 1 aromatic heterocycles. The fraction of sp³-hybridized carbons (Fsp3) is 0.556. The van der Waals surface area contributed by atoms with Gasteiger partial charge in [-0.15, -0.1) is 0 Å². The van der Waals surface area contributed by atoms with Crippen LogP contribution in [0.5, 0.6) is 0 Å². The van der Waals surface area contributed by atoms with Crippen LogP contribution in [0.25, 0.3) is 0 Å². The SMILES string of the molecule is CSC(C)(C)CNc1cc(Cl)ncn1. The average molecular weight is 232 g/mol. The highest BCUT2D eigenvalue weighted by Crippen LogP contribution is 2.21. The van der Waals surface area contributed by atoms with E-state index in [-0.39, 0.29) is 4.75 Å². The summed E-state index contributed by atoms with van der Waals surface area (Å²) in [7, 11) is 0.